The van der Waals surface area contributed by atoms with Gasteiger partial charge in [0.2, 0.25) is 0 Å². The lowest BCUT2D eigenvalue weighted by Gasteiger charge is -2.09. The number of benzene rings is 1. The number of carbonyl (C=O) groups excluding carboxylic acids is 1. The van der Waals surface area contributed by atoms with Gasteiger partial charge in [0.05, 0.1) is 23.2 Å². The topological polar surface area (TPSA) is 98.7 Å². The molecular weight excluding hydrogens is 332 g/mol. The summed E-state index contributed by atoms with van der Waals surface area (Å²) < 4.78 is 6.87. The molecule has 1 amide bonds. The van der Waals surface area contributed by atoms with Crippen LogP contribution in [-0.4, -0.2) is 31.1 Å². The van der Waals surface area contributed by atoms with Crippen molar-refractivity contribution in [1.82, 2.24) is 25.2 Å². The molecule has 4 aromatic rings. The number of nitrogens with zero attached hydrogens (tertiary/aromatic N) is 5. The summed E-state index contributed by atoms with van der Waals surface area (Å²) in [5.74, 6) is 0.439. The number of rotatable bonds is 4. The fourth-order valence-corrected chi connectivity index (χ4v) is 2.54. The van der Waals surface area contributed by atoms with Crippen LogP contribution in [0.15, 0.2) is 65.5 Å². The van der Waals surface area contributed by atoms with Gasteiger partial charge < -0.3 is 9.73 Å². The van der Waals surface area contributed by atoms with E-state index in [0.717, 1.165) is 5.69 Å². The number of hydrogen-bond acceptors (Lipinski definition) is 6. The maximum atomic E-state index is 12.5. The Balaban J connectivity index is 1.51. The molecule has 0 radical (unpaired) electrons. The Morgan fingerprint density at radius 3 is 2.62 bits per heavy atom. The number of tetrazole rings is 1. The van der Waals surface area contributed by atoms with Gasteiger partial charge in [-0.05, 0) is 65.9 Å². The first kappa shape index (κ1) is 15.7. The molecule has 0 aliphatic rings. The lowest BCUT2D eigenvalue weighted by atomic mass is 10.1. The average molecular weight is 346 g/mol. The van der Waals surface area contributed by atoms with E-state index < -0.39 is 0 Å². The van der Waals surface area contributed by atoms with Crippen LogP contribution in [0.1, 0.15) is 16.1 Å². The monoisotopic (exact) mass is 346 g/mol. The van der Waals surface area contributed by atoms with Gasteiger partial charge in [0.25, 0.3) is 5.91 Å². The summed E-state index contributed by atoms with van der Waals surface area (Å²) in [7, 11) is 0. The van der Waals surface area contributed by atoms with E-state index in [2.05, 4.69) is 25.8 Å². The standard InChI is InChI=1S/C18H14N6O2/c1-12-15(8-9-16(20-12)17-3-2-10-26-17)18(25)21-13-4-6-14(7-5-13)24-11-19-22-23-24/h2-11H,1H3,(H,21,25). The van der Waals surface area contributed by atoms with Crippen LogP contribution in [-0.2, 0) is 0 Å². The van der Waals surface area contributed by atoms with Crippen LogP contribution >= 0.6 is 0 Å². The van der Waals surface area contributed by atoms with Gasteiger partial charge in [0.1, 0.15) is 12.0 Å². The predicted octanol–water partition coefficient (Wildman–Crippen LogP) is 2.88. The molecule has 8 heteroatoms. The van der Waals surface area contributed by atoms with Gasteiger partial charge in [-0.3, -0.25) is 4.79 Å². The molecule has 0 aliphatic heterocycles. The number of furan rings is 1. The highest BCUT2D eigenvalue weighted by Gasteiger charge is 2.13. The van der Waals surface area contributed by atoms with E-state index in [1.807, 2.05) is 18.2 Å². The Morgan fingerprint density at radius 2 is 1.96 bits per heavy atom. The van der Waals surface area contributed by atoms with Crippen molar-refractivity contribution in [2.75, 3.05) is 5.32 Å². The zero-order valence-electron chi connectivity index (χ0n) is 13.8. The van der Waals surface area contributed by atoms with Gasteiger partial charge in [-0.1, -0.05) is 0 Å². The van der Waals surface area contributed by atoms with E-state index in [1.165, 1.54) is 11.0 Å². The maximum absolute atomic E-state index is 12.5. The van der Waals surface area contributed by atoms with Crippen LogP contribution in [0.3, 0.4) is 0 Å². The van der Waals surface area contributed by atoms with Gasteiger partial charge in [0, 0.05) is 5.69 Å². The van der Waals surface area contributed by atoms with Crippen molar-refractivity contribution in [2.24, 2.45) is 0 Å². The maximum Gasteiger partial charge on any atom is 0.257 e. The number of amides is 1. The van der Waals surface area contributed by atoms with Gasteiger partial charge in [0.15, 0.2) is 5.76 Å². The molecule has 8 nitrogen and oxygen atoms in total. The minimum absolute atomic E-state index is 0.226. The number of aromatic nitrogens is 5. The quantitative estimate of drug-likeness (QED) is 0.610. The first-order valence-electron chi connectivity index (χ1n) is 7.87. The Hall–Kier alpha value is -3.81. The molecule has 26 heavy (non-hydrogen) atoms. The van der Waals surface area contributed by atoms with Crippen LogP contribution in [0.4, 0.5) is 5.69 Å². The molecule has 0 bridgehead atoms. The van der Waals surface area contributed by atoms with Crippen molar-refractivity contribution in [3.8, 4) is 17.1 Å². The zero-order valence-corrected chi connectivity index (χ0v) is 13.8. The van der Waals surface area contributed by atoms with E-state index >= 15 is 0 Å². The van der Waals surface area contributed by atoms with Crippen LogP contribution in [0.2, 0.25) is 0 Å². The van der Waals surface area contributed by atoms with E-state index in [1.54, 1.807) is 43.5 Å². The van der Waals surface area contributed by atoms with Crippen molar-refractivity contribution >= 4 is 11.6 Å². The number of pyridine rings is 1. The van der Waals surface area contributed by atoms with Crippen LogP contribution in [0.25, 0.3) is 17.1 Å². The zero-order chi connectivity index (χ0) is 17.9. The molecule has 128 valence electrons. The smallest absolute Gasteiger partial charge is 0.257 e. The minimum atomic E-state index is -0.226. The average Bonchev–Trinajstić information content (AvgIpc) is 3.36. The minimum Gasteiger partial charge on any atom is -0.463 e. The molecule has 1 aromatic carbocycles. The molecule has 3 aromatic heterocycles. The van der Waals surface area contributed by atoms with Crippen molar-refractivity contribution in [2.45, 2.75) is 6.92 Å². The molecule has 0 fully saturated rings. The lowest BCUT2D eigenvalue weighted by Crippen LogP contribution is -2.14. The number of nitrogens with one attached hydrogen (secondary N) is 1. The summed E-state index contributed by atoms with van der Waals surface area (Å²) >= 11 is 0. The van der Waals surface area contributed by atoms with Gasteiger partial charge in [-0.25, -0.2) is 9.67 Å². The highest BCUT2D eigenvalue weighted by atomic mass is 16.3. The summed E-state index contributed by atoms with van der Waals surface area (Å²) in [5.41, 5.74) is 3.29. The number of anilines is 1. The molecule has 3 heterocycles. The second kappa shape index (κ2) is 6.60. The molecule has 0 aliphatic carbocycles. The molecule has 0 atom stereocenters. The molecule has 0 unspecified atom stereocenters. The van der Waals surface area contributed by atoms with Crippen LogP contribution in [0.5, 0.6) is 0 Å². The molecular formula is C18H14N6O2. The van der Waals surface area contributed by atoms with Crippen LogP contribution < -0.4 is 5.32 Å². The van der Waals surface area contributed by atoms with Crippen molar-refractivity contribution in [1.29, 1.82) is 0 Å². The third-order valence-electron chi connectivity index (χ3n) is 3.84. The predicted molar refractivity (Wildman–Crippen MR) is 93.8 cm³/mol. The molecule has 0 spiro atoms. The highest BCUT2D eigenvalue weighted by Crippen LogP contribution is 2.20. The van der Waals surface area contributed by atoms with E-state index in [-0.39, 0.29) is 5.91 Å². The van der Waals surface area contributed by atoms with Gasteiger partial charge in [-0.2, -0.15) is 0 Å². The Bertz CT molecular complexity index is 1020. The third kappa shape index (κ3) is 3.07. The number of hydrogen-bond donors (Lipinski definition) is 1. The second-order valence-electron chi connectivity index (χ2n) is 5.56. The van der Waals surface area contributed by atoms with E-state index in [4.69, 9.17) is 4.42 Å². The summed E-state index contributed by atoms with van der Waals surface area (Å²) in [6.45, 7) is 1.79. The summed E-state index contributed by atoms with van der Waals surface area (Å²) in [4.78, 5) is 17.0. The van der Waals surface area contributed by atoms with E-state index in [9.17, 15) is 4.79 Å². The Kier molecular flexibility index (Phi) is 3.98. The largest absolute Gasteiger partial charge is 0.463 e. The summed E-state index contributed by atoms with van der Waals surface area (Å²) in [6, 6.07) is 14.3. The van der Waals surface area contributed by atoms with Crippen molar-refractivity contribution < 1.29 is 9.21 Å². The summed E-state index contributed by atoms with van der Waals surface area (Å²) in [6.07, 6.45) is 3.09. The molecule has 4 rings (SSSR count). The molecule has 1 N–H and O–H groups in total. The first-order valence-corrected chi connectivity index (χ1v) is 7.87. The molecule has 0 saturated heterocycles. The third-order valence-corrected chi connectivity index (χ3v) is 3.84. The van der Waals surface area contributed by atoms with Crippen molar-refractivity contribution in [3.63, 3.8) is 0 Å². The Labute approximate surface area is 148 Å². The highest BCUT2D eigenvalue weighted by molar-refractivity contribution is 6.05. The fourth-order valence-electron chi connectivity index (χ4n) is 2.54. The van der Waals surface area contributed by atoms with Gasteiger partial charge in [-0.15, -0.1) is 5.10 Å². The normalized spacial score (nSPS) is 10.7. The second-order valence-corrected chi connectivity index (χ2v) is 5.56. The van der Waals surface area contributed by atoms with Crippen LogP contribution in [0, 0.1) is 6.92 Å². The molecule has 0 saturated carbocycles. The SMILES string of the molecule is Cc1nc(-c2ccco2)ccc1C(=O)Nc1ccc(-n2cnnn2)cc1. The summed E-state index contributed by atoms with van der Waals surface area (Å²) in [5, 5.41) is 13.9. The number of carbonyl (C=O) groups is 1. The van der Waals surface area contributed by atoms with Crippen molar-refractivity contribution in [3.05, 3.63) is 72.4 Å². The lowest BCUT2D eigenvalue weighted by molar-refractivity contribution is 0.102. The fraction of sp³-hybridized carbons (Fsp3) is 0.0556. The van der Waals surface area contributed by atoms with E-state index in [0.29, 0.717) is 28.4 Å². The number of aryl methyl sites for hydroxylation is 1. The Morgan fingerprint density at radius 1 is 1.12 bits per heavy atom. The van der Waals surface area contributed by atoms with Gasteiger partial charge >= 0.3 is 0 Å². The first-order chi connectivity index (χ1) is 12.7.